The van der Waals surface area contributed by atoms with Crippen LogP contribution in [0.5, 0.6) is 5.75 Å². The maximum Gasteiger partial charge on any atom is 0.229 e. The molecule has 0 saturated heterocycles. The third-order valence-corrected chi connectivity index (χ3v) is 8.18. The summed E-state index contributed by atoms with van der Waals surface area (Å²) in [6, 6.07) is 10.1. The molecule has 2 aromatic carbocycles. The lowest BCUT2D eigenvalue weighted by Gasteiger charge is -2.24. The molecular weight excluding hydrogens is 501 g/mol. The fraction of sp³-hybridized carbons (Fsp3) is 0.391. The highest BCUT2D eigenvalue weighted by Gasteiger charge is 2.24. The molecule has 1 amide bonds. The minimum absolute atomic E-state index is 0. The van der Waals surface area contributed by atoms with Gasteiger partial charge in [-0.3, -0.25) is 9.69 Å². The number of likely N-dealkylation sites (N-methyl/N-ethyl adjacent to an activating group) is 1. The number of anilines is 1. The van der Waals surface area contributed by atoms with Crippen molar-refractivity contribution in [3.63, 3.8) is 0 Å². The Labute approximate surface area is 209 Å². The Hall–Kier alpha value is -2.27. The Morgan fingerprint density at radius 1 is 1.09 bits per heavy atom. The average Bonchev–Trinajstić information content (AvgIpc) is 3.23. The fourth-order valence-electron chi connectivity index (χ4n) is 3.36. The van der Waals surface area contributed by atoms with Crippen molar-refractivity contribution in [2.24, 2.45) is 0 Å². The Balaban J connectivity index is 0.00000408. The summed E-state index contributed by atoms with van der Waals surface area (Å²) in [7, 11) is -2.13. The zero-order chi connectivity index (χ0) is 24.0. The van der Waals surface area contributed by atoms with E-state index in [-0.39, 0.29) is 35.4 Å². The molecule has 0 spiro atoms. The van der Waals surface area contributed by atoms with Gasteiger partial charge >= 0.3 is 0 Å². The van der Waals surface area contributed by atoms with Gasteiger partial charge in [0.05, 0.1) is 28.0 Å². The van der Waals surface area contributed by atoms with Crippen LogP contribution in [0.3, 0.4) is 0 Å². The summed E-state index contributed by atoms with van der Waals surface area (Å²) in [4.78, 5) is 21.5. The van der Waals surface area contributed by atoms with Crippen LogP contribution >= 0.6 is 23.7 Å². The second-order valence-corrected chi connectivity index (χ2v) is 10.5. The topological polar surface area (TPSA) is 79.8 Å². The molecule has 1 heterocycles. The van der Waals surface area contributed by atoms with Gasteiger partial charge in [0.25, 0.3) is 0 Å². The van der Waals surface area contributed by atoms with Crippen LogP contribution in [0.15, 0.2) is 47.4 Å². The summed E-state index contributed by atoms with van der Waals surface area (Å²) in [5.41, 5.74) is 0.746. The summed E-state index contributed by atoms with van der Waals surface area (Å²) < 4.78 is 44.6. The van der Waals surface area contributed by atoms with E-state index in [1.54, 1.807) is 12.0 Å². The van der Waals surface area contributed by atoms with Crippen molar-refractivity contribution in [1.29, 1.82) is 0 Å². The Kier molecular flexibility index (Phi) is 10.2. The average molecular weight is 530 g/mol. The van der Waals surface area contributed by atoms with E-state index in [1.165, 1.54) is 23.5 Å². The van der Waals surface area contributed by atoms with Crippen LogP contribution in [0.25, 0.3) is 10.2 Å². The van der Waals surface area contributed by atoms with E-state index >= 15 is 0 Å². The molecule has 11 heteroatoms. The van der Waals surface area contributed by atoms with E-state index in [9.17, 15) is 17.6 Å². The lowest BCUT2D eigenvalue weighted by Crippen LogP contribution is -2.39. The molecule has 0 atom stereocenters. The second-order valence-electron chi connectivity index (χ2n) is 7.43. The monoisotopic (exact) mass is 529 g/mol. The molecule has 34 heavy (non-hydrogen) atoms. The summed E-state index contributed by atoms with van der Waals surface area (Å²) in [5, 5.41) is 0.523. The van der Waals surface area contributed by atoms with Crippen molar-refractivity contribution in [3.8, 4) is 5.75 Å². The lowest BCUT2D eigenvalue weighted by molar-refractivity contribution is -0.118. The summed E-state index contributed by atoms with van der Waals surface area (Å²) in [6.07, 6.45) is -0.197. The standard InChI is InChI=1S/C23H28FN3O4S2.ClH/c1-4-26(5-2)13-14-27(23-25-20-11-8-18(31-3)16-21(20)32-23)22(28)12-15-33(29,30)19-9-6-17(24)7-10-19;/h6-11,16H,4-5,12-15H2,1-3H3;1H. The zero-order valence-electron chi connectivity index (χ0n) is 19.4. The molecule has 186 valence electrons. The molecule has 1 aromatic heterocycles. The van der Waals surface area contributed by atoms with Crippen LogP contribution < -0.4 is 9.64 Å². The molecule has 0 radical (unpaired) electrons. The van der Waals surface area contributed by atoms with Gasteiger partial charge in [0.15, 0.2) is 15.0 Å². The summed E-state index contributed by atoms with van der Waals surface area (Å²) in [6.45, 7) is 6.82. The summed E-state index contributed by atoms with van der Waals surface area (Å²) >= 11 is 1.37. The molecular formula is C23H29ClFN3O4S2. The van der Waals surface area contributed by atoms with Crippen LogP contribution in [0.1, 0.15) is 20.3 Å². The van der Waals surface area contributed by atoms with Crippen LogP contribution in [0.4, 0.5) is 9.52 Å². The predicted octanol–water partition coefficient (Wildman–Crippen LogP) is 4.40. The van der Waals surface area contributed by atoms with Gasteiger partial charge in [-0.05, 0) is 55.6 Å². The van der Waals surface area contributed by atoms with E-state index in [4.69, 9.17) is 4.74 Å². The highest BCUT2D eigenvalue weighted by atomic mass is 35.5. The molecule has 0 fully saturated rings. The van der Waals surface area contributed by atoms with E-state index in [0.717, 1.165) is 35.4 Å². The van der Waals surface area contributed by atoms with E-state index in [1.807, 2.05) is 18.2 Å². The Bertz CT molecular complexity index is 1200. The highest BCUT2D eigenvalue weighted by molar-refractivity contribution is 7.91. The van der Waals surface area contributed by atoms with Gasteiger partial charge in [-0.1, -0.05) is 25.2 Å². The molecule has 3 aromatic rings. The van der Waals surface area contributed by atoms with Gasteiger partial charge in [0.1, 0.15) is 11.6 Å². The maximum absolute atomic E-state index is 13.2. The van der Waals surface area contributed by atoms with Gasteiger partial charge in [-0.15, -0.1) is 12.4 Å². The molecule has 3 rings (SSSR count). The van der Waals surface area contributed by atoms with Crippen molar-refractivity contribution < 1.29 is 22.3 Å². The third-order valence-electron chi connectivity index (χ3n) is 5.41. The number of ether oxygens (including phenoxy) is 1. The fourth-order valence-corrected chi connectivity index (χ4v) is 5.63. The molecule has 0 aliphatic rings. The first kappa shape index (κ1) is 28.0. The normalized spacial score (nSPS) is 11.4. The quantitative estimate of drug-likeness (QED) is 0.342. The van der Waals surface area contributed by atoms with Crippen LogP contribution in [0, 0.1) is 5.82 Å². The molecule has 7 nitrogen and oxygen atoms in total. The zero-order valence-corrected chi connectivity index (χ0v) is 21.8. The molecule has 0 bridgehead atoms. The first-order valence-electron chi connectivity index (χ1n) is 10.7. The molecule has 0 saturated carbocycles. The number of aromatic nitrogens is 1. The SMILES string of the molecule is CCN(CC)CCN(C(=O)CCS(=O)(=O)c1ccc(F)cc1)c1nc2ccc(OC)cc2s1.Cl. The van der Waals surface area contributed by atoms with Crippen molar-refractivity contribution >= 4 is 54.8 Å². The van der Waals surface area contributed by atoms with Gasteiger partial charge in [-0.25, -0.2) is 17.8 Å². The number of nitrogens with zero attached hydrogens (tertiary/aromatic N) is 3. The number of rotatable bonds is 11. The molecule has 0 aliphatic heterocycles. The van der Waals surface area contributed by atoms with Crippen molar-refractivity contribution in [3.05, 3.63) is 48.3 Å². The number of thiazole rings is 1. The molecule has 0 N–H and O–H groups in total. The number of benzene rings is 2. The minimum Gasteiger partial charge on any atom is -0.497 e. The van der Waals surface area contributed by atoms with E-state index < -0.39 is 15.7 Å². The maximum atomic E-state index is 13.2. The van der Waals surface area contributed by atoms with E-state index in [2.05, 4.69) is 23.7 Å². The number of sulfone groups is 1. The Morgan fingerprint density at radius 2 is 1.76 bits per heavy atom. The number of carbonyl (C=O) groups excluding carboxylic acids is 1. The number of hydrogen-bond donors (Lipinski definition) is 0. The van der Waals surface area contributed by atoms with Crippen molar-refractivity contribution in [2.75, 3.05) is 43.9 Å². The summed E-state index contributed by atoms with van der Waals surface area (Å²) in [5.74, 6) is -0.499. The first-order chi connectivity index (χ1) is 15.8. The first-order valence-corrected chi connectivity index (χ1v) is 13.2. The van der Waals surface area contributed by atoms with Gasteiger partial charge in [0.2, 0.25) is 5.91 Å². The molecule has 0 aliphatic carbocycles. The molecule has 0 unspecified atom stereocenters. The van der Waals surface area contributed by atoms with Crippen molar-refractivity contribution in [2.45, 2.75) is 25.2 Å². The number of carbonyl (C=O) groups is 1. The number of fused-ring (bicyclic) bond motifs is 1. The highest BCUT2D eigenvalue weighted by Crippen LogP contribution is 2.32. The predicted molar refractivity (Wildman–Crippen MR) is 137 cm³/mol. The number of amides is 1. The third kappa shape index (κ3) is 6.88. The second kappa shape index (κ2) is 12.4. The van der Waals surface area contributed by atoms with Gasteiger partial charge in [0, 0.05) is 19.5 Å². The van der Waals surface area contributed by atoms with Crippen LogP contribution in [-0.4, -0.2) is 63.3 Å². The van der Waals surface area contributed by atoms with Gasteiger partial charge in [-0.2, -0.15) is 0 Å². The van der Waals surface area contributed by atoms with Crippen LogP contribution in [0.2, 0.25) is 0 Å². The largest absolute Gasteiger partial charge is 0.497 e. The lowest BCUT2D eigenvalue weighted by atomic mass is 10.3. The minimum atomic E-state index is -3.72. The van der Waals surface area contributed by atoms with Gasteiger partial charge < -0.3 is 9.64 Å². The van der Waals surface area contributed by atoms with Crippen molar-refractivity contribution in [1.82, 2.24) is 9.88 Å². The smallest absolute Gasteiger partial charge is 0.229 e. The number of methoxy groups -OCH3 is 1. The number of halogens is 2. The Morgan fingerprint density at radius 3 is 2.38 bits per heavy atom. The van der Waals surface area contributed by atoms with Crippen LogP contribution in [-0.2, 0) is 14.6 Å². The van der Waals surface area contributed by atoms with E-state index in [0.29, 0.717) is 24.0 Å². The number of hydrogen-bond acceptors (Lipinski definition) is 7.